The van der Waals surface area contributed by atoms with Crippen LogP contribution in [0.2, 0.25) is 0 Å². The number of rotatable bonds is 5. The van der Waals surface area contributed by atoms with Crippen molar-refractivity contribution in [1.82, 2.24) is 0 Å². The SMILES string of the molecule is CCC(C)(CC)C[C@H](C)C(=O)OC. The van der Waals surface area contributed by atoms with Crippen LogP contribution in [-0.4, -0.2) is 13.1 Å². The van der Waals surface area contributed by atoms with Gasteiger partial charge in [0.25, 0.3) is 0 Å². The molecule has 0 radical (unpaired) electrons. The fraction of sp³-hybridized carbons (Fsp3) is 0.909. The highest BCUT2D eigenvalue weighted by Crippen LogP contribution is 2.33. The molecule has 13 heavy (non-hydrogen) atoms. The molecule has 2 nitrogen and oxygen atoms in total. The molecule has 0 rings (SSSR count). The van der Waals surface area contributed by atoms with E-state index in [4.69, 9.17) is 4.74 Å². The minimum absolute atomic E-state index is 0.0231. The fourth-order valence-electron chi connectivity index (χ4n) is 1.56. The summed E-state index contributed by atoms with van der Waals surface area (Å²) in [6.07, 6.45) is 3.16. The van der Waals surface area contributed by atoms with Gasteiger partial charge >= 0.3 is 5.97 Å². The standard InChI is InChI=1S/C11H22O2/c1-6-11(4,7-2)8-9(3)10(12)13-5/h9H,6-8H2,1-5H3/t9-/m0/s1. The van der Waals surface area contributed by atoms with E-state index in [1.54, 1.807) is 0 Å². The minimum atomic E-state index is -0.0897. The molecule has 0 aliphatic heterocycles. The summed E-state index contributed by atoms with van der Waals surface area (Å²) in [6, 6.07) is 0. The lowest BCUT2D eigenvalue weighted by Gasteiger charge is -2.28. The number of esters is 1. The molecule has 0 aliphatic rings. The van der Waals surface area contributed by atoms with Crippen molar-refractivity contribution in [3.8, 4) is 0 Å². The van der Waals surface area contributed by atoms with Crippen LogP contribution in [0, 0.1) is 11.3 Å². The third-order valence-corrected chi connectivity index (χ3v) is 3.11. The van der Waals surface area contributed by atoms with Gasteiger partial charge in [0.2, 0.25) is 0 Å². The Balaban J connectivity index is 4.16. The topological polar surface area (TPSA) is 26.3 Å². The minimum Gasteiger partial charge on any atom is -0.469 e. The molecule has 1 atom stereocenters. The van der Waals surface area contributed by atoms with Crippen molar-refractivity contribution in [2.75, 3.05) is 7.11 Å². The Hall–Kier alpha value is -0.530. The van der Waals surface area contributed by atoms with Gasteiger partial charge in [0.05, 0.1) is 13.0 Å². The van der Waals surface area contributed by atoms with Crippen LogP contribution >= 0.6 is 0 Å². The molecule has 0 heterocycles. The maximum Gasteiger partial charge on any atom is 0.308 e. The molecule has 0 aromatic rings. The second kappa shape index (κ2) is 5.25. The Morgan fingerprint density at radius 1 is 1.38 bits per heavy atom. The lowest BCUT2D eigenvalue weighted by Crippen LogP contribution is -2.23. The van der Waals surface area contributed by atoms with E-state index in [0.29, 0.717) is 0 Å². The zero-order valence-electron chi connectivity index (χ0n) is 9.52. The monoisotopic (exact) mass is 186 g/mol. The van der Waals surface area contributed by atoms with Crippen LogP contribution in [0.5, 0.6) is 0 Å². The molecule has 0 aliphatic carbocycles. The highest BCUT2D eigenvalue weighted by molar-refractivity contribution is 5.71. The van der Waals surface area contributed by atoms with Crippen molar-refractivity contribution < 1.29 is 9.53 Å². The first-order valence-corrected chi connectivity index (χ1v) is 5.07. The maximum atomic E-state index is 11.2. The third kappa shape index (κ3) is 3.79. The summed E-state index contributed by atoms with van der Waals surface area (Å²) >= 11 is 0. The van der Waals surface area contributed by atoms with Gasteiger partial charge in [-0.15, -0.1) is 0 Å². The molecular weight excluding hydrogens is 164 g/mol. The zero-order chi connectivity index (χ0) is 10.5. The van der Waals surface area contributed by atoms with Gasteiger partial charge in [-0.1, -0.05) is 40.5 Å². The number of carbonyl (C=O) groups excluding carboxylic acids is 1. The first-order valence-electron chi connectivity index (χ1n) is 5.07. The first-order chi connectivity index (χ1) is 5.99. The highest BCUT2D eigenvalue weighted by Gasteiger charge is 2.26. The van der Waals surface area contributed by atoms with E-state index in [1.165, 1.54) is 7.11 Å². The number of hydrogen-bond acceptors (Lipinski definition) is 2. The van der Waals surface area contributed by atoms with Gasteiger partial charge in [-0.25, -0.2) is 0 Å². The van der Waals surface area contributed by atoms with E-state index in [0.717, 1.165) is 19.3 Å². The number of hydrogen-bond donors (Lipinski definition) is 0. The van der Waals surface area contributed by atoms with Crippen LogP contribution in [0.25, 0.3) is 0 Å². The van der Waals surface area contributed by atoms with E-state index in [1.807, 2.05) is 6.92 Å². The van der Waals surface area contributed by atoms with Crippen molar-refractivity contribution in [3.63, 3.8) is 0 Å². The molecular formula is C11H22O2. The Labute approximate surface area is 81.7 Å². The lowest BCUT2D eigenvalue weighted by atomic mass is 9.77. The third-order valence-electron chi connectivity index (χ3n) is 3.11. The molecule has 0 unspecified atom stereocenters. The Bertz CT molecular complexity index is 159. The lowest BCUT2D eigenvalue weighted by molar-refractivity contribution is -0.146. The molecule has 0 bridgehead atoms. The fourth-order valence-corrected chi connectivity index (χ4v) is 1.56. The number of methoxy groups -OCH3 is 1. The smallest absolute Gasteiger partial charge is 0.308 e. The first kappa shape index (κ1) is 12.5. The van der Waals surface area contributed by atoms with Crippen LogP contribution in [0.3, 0.4) is 0 Å². The van der Waals surface area contributed by atoms with E-state index in [2.05, 4.69) is 20.8 Å². The summed E-state index contributed by atoms with van der Waals surface area (Å²) in [5.41, 5.74) is 0.285. The van der Waals surface area contributed by atoms with Gasteiger partial charge in [0.1, 0.15) is 0 Å². The van der Waals surface area contributed by atoms with Gasteiger partial charge in [0.15, 0.2) is 0 Å². The molecule has 78 valence electrons. The van der Waals surface area contributed by atoms with E-state index in [9.17, 15) is 4.79 Å². The van der Waals surface area contributed by atoms with Crippen molar-refractivity contribution in [2.24, 2.45) is 11.3 Å². The molecule has 0 aromatic carbocycles. The Morgan fingerprint density at radius 3 is 2.15 bits per heavy atom. The van der Waals surface area contributed by atoms with Crippen LogP contribution in [-0.2, 0) is 9.53 Å². The number of ether oxygens (including phenoxy) is 1. The second-order valence-corrected chi connectivity index (χ2v) is 4.15. The summed E-state index contributed by atoms with van der Waals surface area (Å²) in [5, 5.41) is 0. The summed E-state index contributed by atoms with van der Waals surface area (Å²) in [5.74, 6) is -0.0666. The summed E-state index contributed by atoms with van der Waals surface area (Å²) in [4.78, 5) is 11.2. The number of carbonyl (C=O) groups is 1. The molecule has 2 heteroatoms. The van der Waals surface area contributed by atoms with Gasteiger partial charge < -0.3 is 4.74 Å². The summed E-state index contributed by atoms with van der Waals surface area (Å²) in [6.45, 7) is 8.52. The van der Waals surface area contributed by atoms with E-state index < -0.39 is 0 Å². The average molecular weight is 186 g/mol. The second-order valence-electron chi connectivity index (χ2n) is 4.15. The van der Waals surface area contributed by atoms with Crippen LogP contribution in [0.1, 0.15) is 47.0 Å². The molecule has 0 amide bonds. The van der Waals surface area contributed by atoms with Crippen molar-refractivity contribution in [3.05, 3.63) is 0 Å². The molecule has 0 aromatic heterocycles. The molecule has 0 fully saturated rings. The van der Waals surface area contributed by atoms with E-state index in [-0.39, 0.29) is 17.3 Å². The van der Waals surface area contributed by atoms with Crippen molar-refractivity contribution in [2.45, 2.75) is 47.0 Å². The van der Waals surface area contributed by atoms with E-state index >= 15 is 0 Å². The molecule has 0 N–H and O–H groups in total. The quantitative estimate of drug-likeness (QED) is 0.617. The molecule has 0 saturated heterocycles. The van der Waals surface area contributed by atoms with Crippen molar-refractivity contribution >= 4 is 5.97 Å². The summed E-state index contributed by atoms with van der Waals surface area (Å²) in [7, 11) is 1.45. The predicted molar refractivity (Wildman–Crippen MR) is 54.5 cm³/mol. The van der Waals surface area contributed by atoms with Gasteiger partial charge in [-0.3, -0.25) is 4.79 Å². The van der Waals surface area contributed by atoms with Gasteiger partial charge in [0, 0.05) is 0 Å². The summed E-state index contributed by atoms with van der Waals surface area (Å²) < 4.78 is 4.71. The van der Waals surface area contributed by atoms with Gasteiger partial charge in [-0.2, -0.15) is 0 Å². The molecule has 0 saturated carbocycles. The van der Waals surface area contributed by atoms with Crippen LogP contribution in [0.15, 0.2) is 0 Å². The van der Waals surface area contributed by atoms with Gasteiger partial charge in [-0.05, 0) is 11.8 Å². The van der Waals surface area contributed by atoms with Crippen LogP contribution in [0.4, 0.5) is 0 Å². The normalized spacial score (nSPS) is 13.9. The van der Waals surface area contributed by atoms with Crippen LogP contribution < -0.4 is 0 Å². The van der Waals surface area contributed by atoms with Crippen molar-refractivity contribution in [1.29, 1.82) is 0 Å². The maximum absolute atomic E-state index is 11.2. The highest BCUT2D eigenvalue weighted by atomic mass is 16.5. The Kier molecular flexibility index (Phi) is 5.04. The Morgan fingerprint density at radius 2 is 1.85 bits per heavy atom. The molecule has 0 spiro atoms. The average Bonchev–Trinajstić information content (AvgIpc) is 2.16. The zero-order valence-corrected chi connectivity index (χ0v) is 9.52. The predicted octanol–water partition coefficient (Wildman–Crippen LogP) is 3.01. The largest absolute Gasteiger partial charge is 0.469 e.